The fraction of sp³-hybridized carbons (Fsp3) is 0.257. The van der Waals surface area contributed by atoms with Crippen LogP contribution in [-0.4, -0.2) is 84.2 Å². The number of benzene rings is 4. The van der Waals surface area contributed by atoms with Gasteiger partial charge in [0.2, 0.25) is 21.8 Å². The molecule has 2 atom stereocenters. The highest BCUT2D eigenvalue weighted by molar-refractivity contribution is 7.92. The number of carbonyl (C=O) groups is 3. The number of piperazine rings is 1. The molecule has 2 N–H and O–H groups in total. The lowest BCUT2D eigenvalue weighted by molar-refractivity contribution is -0.157. The molecule has 0 bridgehead atoms. The van der Waals surface area contributed by atoms with Crippen LogP contribution in [0, 0.1) is 17.1 Å². The molecule has 12 nitrogen and oxygen atoms in total. The topological polar surface area (TPSA) is 146 Å². The van der Waals surface area contributed by atoms with Gasteiger partial charge in [0.1, 0.15) is 24.6 Å². The molecule has 0 unspecified atom stereocenters. The third-order valence-electron chi connectivity index (χ3n) is 8.62. The summed E-state index contributed by atoms with van der Waals surface area (Å²) in [5.74, 6) is -1.06. The van der Waals surface area contributed by atoms with Gasteiger partial charge < -0.3 is 15.1 Å². The Balaban J connectivity index is 1.31. The van der Waals surface area contributed by atoms with Crippen molar-refractivity contribution in [3.8, 4) is 6.07 Å². The average molecular weight is 684 g/mol. The minimum absolute atomic E-state index is 0.0652. The van der Waals surface area contributed by atoms with Crippen LogP contribution in [0.2, 0.25) is 0 Å². The van der Waals surface area contributed by atoms with E-state index in [1.807, 2.05) is 48.5 Å². The van der Waals surface area contributed by atoms with Gasteiger partial charge in [-0.1, -0.05) is 66.7 Å². The van der Waals surface area contributed by atoms with Crippen LogP contribution in [0.4, 0.5) is 14.9 Å². The summed E-state index contributed by atoms with van der Waals surface area (Å²) >= 11 is 0. The van der Waals surface area contributed by atoms with Crippen molar-refractivity contribution in [1.29, 1.82) is 5.26 Å². The lowest BCUT2D eigenvalue weighted by atomic mass is 9.99. The number of nitrogens with zero attached hydrogens (tertiary/aromatic N) is 5. The maximum absolute atomic E-state index is 14.3. The van der Waals surface area contributed by atoms with E-state index in [1.54, 1.807) is 29.2 Å². The third-order valence-corrected chi connectivity index (χ3v) is 9.22. The van der Waals surface area contributed by atoms with Crippen LogP contribution in [-0.2, 0) is 39.1 Å². The number of hydrogen-bond donors (Lipinski definition) is 2. The zero-order valence-electron chi connectivity index (χ0n) is 26.6. The molecule has 2 fully saturated rings. The van der Waals surface area contributed by atoms with Gasteiger partial charge in [-0.05, 0) is 51.7 Å². The molecular weight excluding hydrogens is 649 g/mol. The summed E-state index contributed by atoms with van der Waals surface area (Å²) in [6.07, 6.45) is 0.423. The van der Waals surface area contributed by atoms with Gasteiger partial charge in [0.05, 0.1) is 25.4 Å². The van der Waals surface area contributed by atoms with Crippen LogP contribution in [0.5, 0.6) is 0 Å². The van der Waals surface area contributed by atoms with Crippen LogP contribution in [0.3, 0.4) is 0 Å². The Bertz CT molecular complexity index is 2030. The predicted molar refractivity (Wildman–Crippen MR) is 180 cm³/mol. The number of hydrogen-bond acceptors (Lipinski definition) is 7. The van der Waals surface area contributed by atoms with Gasteiger partial charge in [0.15, 0.2) is 0 Å². The quantitative estimate of drug-likeness (QED) is 0.244. The molecule has 0 aliphatic carbocycles. The second-order valence-corrected chi connectivity index (χ2v) is 13.8. The van der Waals surface area contributed by atoms with Gasteiger partial charge in [-0.2, -0.15) is 10.3 Å². The molecule has 49 heavy (non-hydrogen) atoms. The zero-order chi connectivity index (χ0) is 34.7. The van der Waals surface area contributed by atoms with E-state index in [0.717, 1.165) is 22.6 Å². The number of carbonyl (C=O) groups excluding carboxylic acids is 3. The second kappa shape index (κ2) is 13.9. The number of rotatable bonds is 10. The van der Waals surface area contributed by atoms with Gasteiger partial charge >= 0.3 is 6.03 Å². The minimum atomic E-state index is -3.49. The van der Waals surface area contributed by atoms with Crippen LogP contribution < -0.4 is 10.0 Å². The smallest absolute Gasteiger partial charge is 0.333 e. The Kier molecular flexibility index (Phi) is 9.48. The first-order valence-electron chi connectivity index (χ1n) is 15.6. The number of hydrazine groups is 1. The van der Waals surface area contributed by atoms with Crippen molar-refractivity contribution >= 4 is 44.3 Å². The fourth-order valence-electron chi connectivity index (χ4n) is 6.39. The monoisotopic (exact) mass is 683 g/mol. The van der Waals surface area contributed by atoms with Gasteiger partial charge in [-0.25, -0.2) is 22.6 Å². The molecule has 4 aromatic carbocycles. The molecule has 2 saturated heterocycles. The lowest BCUT2D eigenvalue weighted by Crippen LogP contribution is -2.66. The van der Waals surface area contributed by atoms with Crippen molar-refractivity contribution in [2.45, 2.75) is 31.7 Å². The highest BCUT2D eigenvalue weighted by atomic mass is 32.2. The Morgan fingerprint density at radius 1 is 0.980 bits per heavy atom. The molecule has 2 heterocycles. The maximum Gasteiger partial charge on any atom is 0.333 e. The van der Waals surface area contributed by atoms with E-state index in [2.05, 4.69) is 10.0 Å². The van der Waals surface area contributed by atoms with Crippen molar-refractivity contribution in [1.82, 2.24) is 25.1 Å². The number of amides is 4. The van der Waals surface area contributed by atoms with Crippen molar-refractivity contribution < 1.29 is 27.2 Å². The molecule has 14 heteroatoms. The van der Waals surface area contributed by atoms with Gasteiger partial charge in [0.25, 0.3) is 0 Å². The molecule has 0 saturated carbocycles. The molecule has 2 aliphatic rings. The van der Waals surface area contributed by atoms with Gasteiger partial charge in [-0.15, -0.1) is 0 Å². The molecule has 0 aromatic heterocycles. The Morgan fingerprint density at radius 2 is 1.67 bits per heavy atom. The van der Waals surface area contributed by atoms with Crippen molar-refractivity contribution in [3.05, 3.63) is 114 Å². The second-order valence-electron chi connectivity index (χ2n) is 12.0. The highest BCUT2D eigenvalue weighted by Gasteiger charge is 2.52. The number of nitrogens with one attached hydrogen (secondary N) is 2. The standard InChI is InChI=1S/C35H34FN7O5S/c1-49(47,48)39-29-15-11-24(12-16-29)19-31-34(45)40(21-27-7-4-6-26-5-2-3-8-30(26)27)22-32-42(23-33(44)43(31)32)41(18-17-37)35(46)38-20-25-9-13-28(36)14-10-25/h2-16,31-32,39H,18-23H2,1H3,(H,38,46)/t31-,32+/m0/s1. The van der Waals surface area contributed by atoms with Gasteiger partial charge in [-0.3, -0.25) is 14.3 Å². The van der Waals surface area contributed by atoms with Gasteiger partial charge in [0, 0.05) is 25.2 Å². The summed E-state index contributed by atoms with van der Waals surface area (Å²) in [5.41, 5.74) is 2.61. The summed E-state index contributed by atoms with van der Waals surface area (Å²) in [6.45, 7) is -0.206. The number of urea groups is 1. The summed E-state index contributed by atoms with van der Waals surface area (Å²) in [7, 11) is -3.49. The third kappa shape index (κ3) is 7.48. The van der Waals surface area contributed by atoms with Crippen molar-refractivity contribution in [2.75, 3.05) is 30.6 Å². The highest BCUT2D eigenvalue weighted by Crippen LogP contribution is 2.31. The molecular formula is C35H34FN7O5S. The SMILES string of the molecule is CS(=O)(=O)Nc1ccc(C[C@H]2C(=O)N(Cc3cccc4ccccc34)C[C@H]3N2C(=O)CN3N(CC#N)C(=O)NCc2ccc(F)cc2)cc1. The van der Waals surface area contributed by atoms with E-state index in [-0.39, 0.29) is 51.0 Å². The summed E-state index contributed by atoms with van der Waals surface area (Å²) in [6, 6.07) is 26.4. The van der Waals surface area contributed by atoms with E-state index in [4.69, 9.17) is 0 Å². The normalized spacial score (nSPS) is 17.9. The Hall–Kier alpha value is -5.52. The zero-order valence-corrected chi connectivity index (χ0v) is 27.4. The van der Waals surface area contributed by atoms with E-state index in [9.17, 15) is 32.5 Å². The van der Waals surface area contributed by atoms with Crippen molar-refractivity contribution in [2.24, 2.45) is 0 Å². The summed E-state index contributed by atoms with van der Waals surface area (Å²) in [4.78, 5) is 44.7. The van der Waals surface area contributed by atoms with Crippen molar-refractivity contribution in [3.63, 3.8) is 0 Å². The number of anilines is 1. The average Bonchev–Trinajstić information content (AvgIpc) is 3.40. The van der Waals surface area contributed by atoms with Crippen LogP contribution in [0.1, 0.15) is 16.7 Å². The molecule has 4 amide bonds. The number of nitriles is 1. The van der Waals surface area contributed by atoms with E-state index in [0.29, 0.717) is 16.8 Å². The van der Waals surface area contributed by atoms with Crippen LogP contribution in [0.25, 0.3) is 10.8 Å². The van der Waals surface area contributed by atoms with Crippen LogP contribution >= 0.6 is 0 Å². The largest absolute Gasteiger partial charge is 0.333 e. The summed E-state index contributed by atoms with van der Waals surface area (Å²) < 4.78 is 39.2. The first kappa shape index (κ1) is 33.4. The van der Waals surface area contributed by atoms with E-state index >= 15 is 0 Å². The van der Waals surface area contributed by atoms with E-state index in [1.165, 1.54) is 39.2 Å². The van der Waals surface area contributed by atoms with E-state index < -0.39 is 34.1 Å². The predicted octanol–water partition coefficient (Wildman–Crippen LogP) is 3.42. The maximum atomic E-state index is 14.3. The first-order valence-corrected chi connectivity index (χ1v) is 17.5. The Labute approximate surface area is 283 Å². The fourth-order valence-corrected chi connectivity index (χ4v) is 6.95. The lowest BCUT2D eigenvalue weighted by Gasteiger charge is -2.46. The summed E-state index contributed by atoms with van der Waals surface area (Å²) in [5, 5.41) is 17.2. The molecule has 0 spiro atoms. The Morgan fingerprint density at radius 3 is 2.39 bits per heavy atom. The van der Waals surface area contributed by atoms with Crippen LogP contribution in [0.15, 0.2) is 91.0 Å². The molecule has 2 aliphatic heterocycles. The minimum Gasteiger partial charge on any atom is -0.333 e. The first-order chi connectivity index (χ1) is 23.5. The number of sulfonamides is 1. The molecule has 6 rings (SSSR count). The molecule has 0 radical (unpaired) electrons. The molecule has 4 aromatic rings. The number of halogens is 1. The molecule has 252 valence electrons. The number of fused-ring (bicyclic) bond motifs is 2.